The van der Waals surface area contributed by atoms with E-state index >= 15 is 0 Å². The average Bonchev–Trinajstić information content (AvgIpc) is 2.76. The maximum atomic E-state index is 4.49. The molecule has 0 bridgehead atoms. The van der Waals surface area contributed by atoms with Crippen molar-refractivity contribution in [3.05, 3.63) is 30.6 Å². The predicted molar refractivity (Wildman–Crippen MR) is 71.5 cm³/mol. The van der Waals surface area contributed by atoms with Crippen LogP contribution in [-0.2, 0) is 13.6 Å². The quantitative estimate of drug-likeness (QED) is 0.861. The Labute approximate surface area is 107 Å². The molecule has 0 unspecified atom stereocenters. The van der Waals surface area contributed by atoms with Gasteiger partial charge in [-0.25, -0.2) is 9.97 Å². The van der Waals surface area contributed by atoms with Crippen molar-refractivity contribution in [3.8, 4) is 0 Å². The first-order chi connectivity index (χ1) is 8.70. The lowest BCUT2D eigenvalue weighted by Crippen LogP contribution is -2.20. The molecule has 2 heterocycles. The molecule has 2 aromatic heterocycles. The minimum Gasteiger partial charge on any atom is -0.369 e. The number of anilines is 2. The molecule has 0 fully saturated rings. The Kier molecular flexibility index (Phi) is 3.76. The van der Waals surface area contributed by atoms with Crippen LogP contribution in [0.25, 0.3) is 0 Å². The topological polar surface area (TPSA) is 58.9 Å². The van der Waals surface area contributed by atoms with E-state index in [9.17, 15) is 0 Å². The van der Waals surface area contributed by atoms with E-state index in [0.29, 0.717) is 6.54 Å². The number of imidazole rings is 1. The maximum absolute atomic E-state index is 4.49. The van der Waals surface area contributed by atoms with Crippen LogP contribution in [-0.4, -0.2) is 33.1 Å². The standard InChI is InChI=1S/C12H18N6/c1-4-14-10-7-13-8-11(16-10)18(3)9-12-15-5-6-17(12)2/h5-8H,4,9H2,1-3H3,(H,14,16). The van der Waals surface area contributed by atoms with E-state index in [1.54, 1.807) is 18.6 Å². The Morgan fingerprint density at radius 1 is 1.39 bits per heavy atom. The number of nitrogens with one attached hydrogen (secondary N) is 1. The minimum absolute atomic E-state index is 0.702. The van der Waals surface area contributed by atoms with E-state index < -0.39 is 0 Å². The summed E-state index contributed by atoms with van der Waals surface area (Å²) in [6, 6.07) is 0. The fourth-order valence-electron chi connectivity index (χ4n) is 1.65. The first-order valence-electron chi connectivity index (χ1n) is 5.94. The van der Waals surface area contributed by atoms with Crippen molar-refractivity contribution < 1.29 is 0 Å². The first kappa shape index (κ1) is 12.3. The zero-order valence-electron chi connectivity index (χ0n) is 11.0. The molecule has 0 atom stereocenters. The second-order valence-electron chi connectivity index (χ2n) is 4.10. The molecule has 0 aromatic carbocycles. The van der Waals surface area contributed by atoms with Crippen molar-refractivity contribution >= 4 is 11.6 Å². The normalized spacial score (nSPS) is 10.4. The van der Waals surface area contributed by atoms with Gasteiger partial charge in [0.15, 0.2) is 0 Å². The van der Waals surface area contributed by atoms with Crippen molar-refractivity contribution in [1.29, 1.82) is 0 Å². The molecule has 0 aliphatic carbocycles. The van der Waals surface area contributed by atoms with Crippen LogP contribution < -0.4 is 10.2 Å². The number of aromatic nitrogens is 4. The Bertz CT molecular complexity index is 507. The molecule has 2 rings (SSSR count). The highest BCUT2D eigenvalue weighted by molar-refractivity contribution is 5.43. The molecule has 1 N–H and O–H groups in total. The van der Waals surface area contributed by atoms with Gasteiger partial charge in [-0.1, -0.05) is 0 Å². The van der Waals surface area contributed by atoms with Gasteiger partial charge in [-0.3, -0.25) is 4.98 Å². The third kappa shape index (κ3) is 2.77. The van der Waals surface area contributed by atoms with Crippen molar-refractivity contribution in [2.24, 2.45) is 7.05 Å². The highest BCUT2D eigenvalue weighted by Gasteiger charge is 2.07. The SMILES string of the molecule is CCNc1cncc(N(C)Cc2nccn2C)n1. The van der Waals surface area contributed by atoms with E-state index in [1.807, 2.05) is 36.7 Å². The van der Waals surface area contributed by atoms with Gasteiger partial charge in [-0.2, -0.15) is 0 Å². The highest BCUT2D eigenvalue weighted by atomic mass is 15.2. The van der Waals surface area contributed by atoms with Gasteiger partial charge in [0, 0.05) is 33.0 Å². The summed E-state index contributed by atoms with van der Waals surface area (Å²) in [6.45, 7) is 3.57. The zero-order chi connectivity index (χ0) is 13.0. The summed E-state index contributed by atoms with van der Waals surface area (Å²) in [5, 5.41) is 3.15. The third-order valence-electron chi connectivity index (χ3n) is 2.67. The maximum Gasteiger partial charge on any atom is 0.149 e. The molecule has 6 nitrogen and oxygen atoms in total. The summed E-state index contributed by atoms with van der Waals surface area (Å²) in [6.07, 6.45) is 7.21. The number of hydrogen-bond donors (Lipinski definition) is 1. The number of aryl methyl sites for hydroxylation is 1. The molecule has 0 saturated heterocycles. The molecule has 0 radical (unpaired) electrons. The second kappa shape index (κ2) is 5.48. The van der Waals surface area contributed by atoms with Crippen molar-refractivity contribution in [2.75, 3.05) is 23.8 Å². The molecule has 0 amide bonds. The van der Waals surface area contributed by atoms with Gasteiger partial charge in [-0.15, -0.1) is 0 Å². The Morgan fingerprint density at radius 3 is 2.89 bits per heavy atom. The summed E-state index contributed by atoms with van der Waals surface area (Å²) in [5.74, 6) is 2.62. The molecule has 0 aliphatic rings. The summed E-state index contributed by atoms with van der Waals surface area (Å²) in [7, 11) is 3.96. The molecule has 0 spiro atoms. The van der Waals surface area contributed by atoms with Crippen LogP contribution in [0.1, 0.15) is 12.7 Å². The van der Waals surface area contributed by atoms with Crippen molar-refractivity contribution in [3.63, 3.8) is 0 Å². The van der Waals surface area contributed by atoms with Crippen LogP contribution in [0, 0.1) is 0 Å². The van der Waals surface area contributed by atoms with Crippen molar-refractivity contribution in [1.82, 2.24) is 19.5 Å². The lowest BCUT2D eigenvalue weighted by molar-refractivity contribution is 0.754. The van der Waals surface area contributed by atoms with Crippen molar-refractivity contribution in [2.45, 2.75) is 13.5 Å². The average molecular weight is 246 g/mol. The van der Waals surface area contributed by atoms with Crippen LogP contribution in [0.3, 0.4) is 0 Å². The monoisotopic (exact) mass is 246 g/mol. The first-order valence-corrected chi connectivity index (χ1v) is 5.94. The van der Waals surface area contributed by atoms with Crippen LogP contribution in [0.5, 0.6) is 0 Å². The molecule has 2 aromatic rings. The summed E-state index contributed by atoms with van der Waals surface area (Å²) in [4.78, 5) is 15.0. The Balaban J connectivity index is 2.11. The Morgan fingerprint density at radius 2 is 2.22 bits per heavy atom. The molecular weight excluding hydrogens is 228 g/mol. The van der Waals surface area contributed by atoms with E-state index in [4.69, 9.17) is 0 Å². The largest absolute Gasteiger partial charge is 0.369 e. The summed E-state index contributed by atoms with van der Waals surface area (Å²) >= 11 is 0. The van der Waals surface area contributed by atoms with Crippen LogP contribution >= 0.6 is 0 Å². The lowest BCUT2D eigenvalue weighted by atomic mass is 10.5. The van der Waals surface area contributed by atoms with Crippen LogP contribution in [0.15, 0.2) is 24.8 Å². The van der Waals surface area contributed by atoms with Gasteiger partial charge in [0.1, 0.15) is 17.5 Å². The molecule has 0 aliphatic heterocycles. The van der Waals surface area contributed by atoms with Gasteiger partial charge in [0.25, 0.3) is 0 Å². The van der Waals surface area contributed by atoms with Gasteiger partial charge < -0.3 is 14.8 Å². The highest BCUT2D eigenvalue weighted by Crippen LogP contribution is 2.12. The van der Waals surface area contributed by atoms with E-state index in [-0.39, 0.29) is 0 Å². The van der Waals surface area contributed by atoms with Crippen LogP contribution in [0.2, 0.25) is 0 Å². The van der Waals surface area contributed by atoms with Gasteiger partial charge >= 0.3 is 0 Å². The summed E-state index contributed by atoms with van der Waals surface area (Å²) in [5.41, 5.74) is 0. The van der Waals surface area contributed by atoms with E-state index in [0.717, 1.165) is 24.0 Å². The molecule has 18 heavy (non-hydrogen) atoms. The predicted octanol–water partition coefficient (Wildman–Crippen LogP) is 1.28. The third-order valence-corrected chi connectivity index (χ3v) is 2.67. The molecule has 6 heteroatoms. The number of nitrogens with zero attached hydrogens (tertiary/aromatic N) is 5. The second-order valence-corrected chi connectivity index (χ2v) is 4.10. The van der Waals surface area contributed by atoms with Gasteiger partial charge in [0.2, 0.25) is 0 Å². The zero-order valence-corrected chi connectivity index (χ0v) is 11.0. The fourth-order valence-corrected chi connectivity index (χ4v) is 1.65. The molecular formula is C12H18N6. The molecule has 0 saturated carbocycles. The number of hydrogen-bond acceptors (Lipinski definition) is 5. The van der Waals surface area contributed by atoms with E-state index in [1.165, 1.54) is 0 Å². The van der Waals surface area contributed by atoms with Gasteiger partial charge in [-0.05, 0) is 6.92 Å². The van der Waals surface area contributed by atoms with E-state index in [2.05, 4.69) is 20.3 Å². The lowest BCUT2D eigenvalue weighted by Gasteiger charge is -2.18. The van der Waals surface area contributed by atoms with Crippen LogP contribution in [0.4, 0.5) is 11.6 Å². The minimum atomic E-state index is 0.702. The fraction of sp³-hybridized carbons (Fsp3) is 0.417. The Hall–Kier alpha value is -2.11. The van der Waals surface area contributed by atoms with Gasteiger partial charge in [0.05, 0.1) is 18.9 Å². The molecule has 96 valence electrons. The smallest absolute Gasteiger partial charge is 0.149 e. The number of rotatable bonds is 5. The summed E-state index contributed by atoms with van der Waals surface area (Å²) < 4.78 is 2.00.